The second kappa shape index (κ2) is 3.83. The van der Waals surface area contributed by atoms with Crippen molar-refractivity contribution >= 4 is 12.9 Å². The maximum absolute atomic E-state index is 11.2. The van der Waals surface area contributed by atoms with Crippen molar-refractivity contribution in [1.82, 2.24) is 9.97 Å². The van der Waals surface area contributed by atoms with Gasteiger partial charge in [0.05, 0.1) is 6.26 Å². The first-order chi connectivity index (χ1) is 7.48. The highest BCUT2D eigenvalue weighted by Crippen LogP contribution is 2.37. The van der Waals surface area contributed by atoms with Crippen LogP contribution in [-0.2, 0) is 4.57 Å². The first kappa shape index (κ1) is 11.0. The normalized spacial score (nSPS) is 11.7. The Balaban J connectivity index is 2.58. The Morgan fingerprint density at radius 1 is 1.38 bits per heavy atom. The lowest BCUT2D eigenvalue weighted by Crippen LogP contribution is -2.05. The summed E-state index contributed by atoms with van der Waals surface area (Å²) in [6.07, 6.45) is 2.73. The van der Waals surface area contributed by atoms with Crippen LogP contribution in [0, 0.1) is 6.92 Å². The van der Waals surface area contributed by atoms with E-state index in [1.54, 1.807) is 6.92 Å². The zero-order valence-corrected chi connectivity index (χ0v) is 9.26. The van der Waals surface area contributed by atoms with E-state index in [9.17, 15) is 4.57 Å². The second-order valence-corrected chi connectivity index (χ2v) is 4.74. The molecule has 0 aromatic carbocycles. The molecule has 0 atom stereocenters. The lowest BCUT2D eigenvalue weighted by Gasteiger charge is -2.03. The number of hydrogen-bond donors (Lipinski definition) is 2. The quantitative estimate of drug-likeness (QED) is 0.755. The molecule has 0 aliphatic heterocycles. The van der Waals surface area contributed by atoms with Crippen molar-refractivity contribution in [3.8, 4) is 11.5 Å². The van der Waals surface area contributed by atoms with Gasteiger partial charge in [-0.25, -0.2) is 9.97 Å². The van der Waals surface area contributed by atoms with Gasteiger partial charge in [-0.2, -0.15) is 0 Å². The van der Waals surface area contributed by atoms with E-state index in [0.29, 0.717) is 11.5 Å². The molecule has 2 aromatic rings. The number of aromatic nitrogens is 2. The molecule has 84 valence electrons. The minimum absolute atomic E-state index is 0.0823. The first-order valence-corrected chi connectivity index (χ1v) is 6.03. The number of hydrogen-bond acceptors (Lipinski definition) is 4. The molecule has 7 heteroatoms. The maximum Gasteiger partial charge on any atom is 0.360 e. The van der Waals surface area contributed by atoms with Gasteiger partial charge in [-0.3, -0.25) is 4.57 Å². The molecule has 2 N–H and O–H groups in total. The van der Waals surface area contributed by atoms with E-state index in [1.807, 2.05) is 0 Å². The Bertz CT molecular complexity index is 560. The highest BCUT2D eigenvalue weighted by atomic mass is 31.2. The van der Waals surface area contributed by atoms with Gasteiger partial charge >= 0.3 is 7.60 Å². The van der Waals surface area contributed by atoms with Crippen LogP contribution in [0.4, 0.5) is 0 Å². The summed E-state index contributed by atoms with van der Waals surface area (Å²) in [5.74, 6) is 0.587. The molecular formula is C9H9N2O4P. The largest absolute Gasteiger partial charge is 0.462 e. The number of aryl methyl sites for hydroxylation is 1. The predicted octanol–water partition coefficient (Wildman–Crippen LogP) is 0.848. The number of furan rings is 1. The molecule has 2 heterocycles. The third kappa shape index (κ3) is 2.04. The minimum atomic E-state index is -4.34. The maximum atomic E-state index is 11.2. The summed E-state index contributed by atoms with van der Waals surface area (Å²) >= 11 is 0. The summed E-state index contributed by atoms with van der Waals surface area (Å²) in [6.45, 7) is 1.68. The van der Waals surface area contributed by atoms with Gasteiger partial charge in [0.1, 0.15) is 16.8 Å². The summed E-state index contributed by atoms with van der Waals surface area (Å²) in [7, 11) is -4.34. The lowest BCUT2D eigenvalue weighted by molar-refractivity contribution is 0.387. The molecule has 0 radical (unpaired) electrons. The SMILES string of the molecule is Cc1nccc(-c2occc2P(=O)(O)O)n1. The summed E-state index contributed by atoms with van der Waals surface area (Å²) in [5, 5.41) is -0.161. The summed E-state index contributed by atoms with van der Waals surface area (Å²) in [5.41, 5.74) is 0.357. The zero-order chi connectivity index (χ0) is 11.8. The van der Waals surface area contributed by atoms with Crippen molar-refractivity contribution < 1.29 is 18.8 Å². The average Bonchev–Trinajstić information content (AvgIpc) is 2.65. The van der Waals surface area contributed by atoms with Crippen molar-refractivity contribution in [2.24, 2.45) is 0 Å². The number of nitrogens with zero attached hydrogens (tertiary/aromatic N) is 2. The van der Waals surface area contributed by atoms with E-state index in [1.165, 1.54) is 24.6 Å². The van der Waals surface area contributed by atoms with Crippen molar-refractivity contribution in [2.75, 3.05) is 0 Å². The molecule has 0 fully saturated rings. The van der Waals surface area contributed by atoms with Crippen LogP contribution in [0.3, 0.4) is 0 Å². The van der Waals surface area contributed by atoms with Crippen molar-refractivity contribution in [3.05, 3.63) is 30.4 Å². The highest BCUT2D eigenvalue weighted by Gasteiger charge is 2.25. The average molecular weight is 240 g/mol. The second-order valence-electron chi connectivity index (χ2n) is 3.17. The molecule has 0 aliphatic carbocycles. The molecule has 6 nitrogen and oxygen atoms in total. The van der Waals surface area contributed by atoms with Crippen molar-refractivity contribution in [2.45, 2.75) is 6.92 Å². The van der Waals surface area contributed by atoms with Gasteiger partial charge in [0.15, 0.2) is 5.76 Å². The van der Waals surface area contributed by atoms with Crippen LogP contribution >= 0.6 is 7.60 Å². The molecule has 0 saturated heterocycles. The van der Waals surface area contributed by atoms with Crippen LogP contribution in [-0.4, -0.2) is 19.8 Å². The van der Waals surface area contributed by atoms with Crippen molar-refractivity contribution in [1.29, 1.82) is 0 Å². The Morgan fingerprint density at radius 2 is 2.12 bits per heavy atom. The standard InChI is InChI=1S/C9H9N2O4P/c1-6-10-4-2-7(11-6)9-8(3-5-15-9)16(12,13)14/h2-5H,1H3,(H2,12,13,14). The van der Waals surface area contributed by atoms with Crippen LogP contribution in [0.25, 0.3) is 11.5 Å². The van der Waals surface area contributed by atoms with E-state index in [-0.39, 0.29) is 11.1 Å². The monoisotopic (exact) mass is 240 g/mol. The molecule has 16 heavy (non-hydrogen) atoms. The van der Waals surface area contributed by atoms with Crippen LogP contribution in [0.1, 0.15) is 5.82 Å². The summed E-state index contributed by atoms with van der Waals surface area (Å²) < 4.78 is 16.2. The smallest absolute Gasteiger partial charge is 0.360 e. The Hall–Kier alpha value is -1.49. The molecule has 2 aromatic heterocycles. The van der Waals surface area contributed by atoms with Crippen molar-refractivity contribution in [3.63, 3.8) is 0 Å². The molecule has 0 amide bonds. The van der Waals surface area contributed by atoms with E-state index in [4.69, 9.17) is 14.2 Å². The third-order valence-corrected chi connectivity index (χ3v) is 2.95. The molecule has 0 saturated carbocycles. The summed E-state index contributed by atoms with van der Waals surface area (Å²) in [6, 6.07) is 2.78. The fraction of sp³-hybridized carbons (Fsp3) is 0.111. The molecule has 0 unspecified atom stereocenters. The third-order valence-electron chi connectivity index (χ3n) is 1.97. The fourth-order valence-corrected chi connectivity index (χ4v) is 1.99. The van der Waals surface area contributed by atoms with Gasteiger partial charge in [-0.15, -0.1) is 0 Å². The predicted molar refractivity (Wildman–Crippen MR) is 56.1 cm³/mol. The van der Waals surface area contributed by atoms with E-state index >= 15 is 0 Å². The molecular weight excluding hydrogens is 231 g/mol. The van der Waals surface area contributed by atoms with Crippen LogP contribution in [0.15, 0.2) is 29.0 Å². The zero-order valence-electron chi connectivity index (χ0n) is 8.36. The van der Waals surface area contributed by atoms with Gasteiger partial charge in [-0.05, 0) is 19.1 Å². The molecule has 2 rings (SSSR count). The van der Waals surface area contributed by atoms with Crippen LogP contribution in [0.5, 0.6) is 0 Å². The minimum Gasteiger partial charge on any atom is -0.462 e. The Labute approximate surface area is 91.1 Å². The van der Waals surface area contributed by atoms with Gasteiger partial charge in [0.25, 0.3) is 0 Å². The number of rotatable bonds is 2. The van der Waals surface area contributed by atoms with E-state index < -0.39 is 7.60 Å². The van der Waals surface area contributed by atoms with Gasteiger partial charge in [-0.1, -0.05) is 0 Å². The molecule has 0 aliphatic rings. The van der Waals surface area contributed by atoms with Gasteiger partial charge in [0.2, 0.25) is 0 Å². The fourth-order valence-electron chi connectivity index (χ4n) is 1.31. The highest BCUT2D eigenvalue weighted by molar-refractivity contribution is 7.60. The van der Waals surface area contributed by atoms with Crippen LogP contribution in [0.2, 0.25) is 0 Å². The topological polar surface area (TPSA) is 96.5 Å². The lowest BCUT2D eigenvalue weighted by atomic mass is 10.3. The van der Waals surface area contributed by atoms with E-state index in [0.717, 1.165) is 0 Å². The van der Waals surface area contributed by atoms with Gasteiger partial charge in [0, 0.05) is 6.20 Å². The van der Waals surface area contributed by atoms with Gasteiger partial charge < -0.3 is 14.2 Å². The molecule has 0 spiro atoms. The molecule has 0 bridgehead atoms. The van der Waals surface area contributed by atoms with Crippen LogP contribution < -0.4 is 5.30 Å². The van der Waals surface area contributed by atoms with E-state index in [2.05, 4.69) is 9.97 Å². The first-order valence-electron chi connectivity index (χ1n) is 4.42. The Kier molecular flexibility index (Phi) is 2.63. The summed E-state index contributed by atoms with van der Waals surface area (Å²) in [4.78, 5) is 26.1. The Morgan fingerprint density at radius 3 is 2.75 bits per heavy atom.